The number of rotatable bonds is 1. The lowest BCUT2D eigenvalue weighted by atomic mass is 9.91. The maximum atomic E-state index is 6.16. The van der Waals surface area contributed by atoms with E-state index in [-0.39, 0.29) is 0 Å². The maximum absolute atomic E-state index is 6.16. The van der Waals surface area contributed by atoms with E-state index in [0.29, 0.717) is 16.7 Å². The maximum Gasteiger partial charge on any atom is 0.164 e. The molecule has 4 rings (SSSR count). The summed E-state index contributed by atoms with van der Waals surface area (Å²) in [6, 6.07) is 11.6. The lowest BCUT2D eigenvalue weighted by molar-refractivity contribution is 0.211. The Morgan fingerprint density at radius 3 is 2.56 bits per heavy atom. The fourth-order valence-corrected chi connectivity index (χ4v) is 3.97. The number of hydrogen-bond donors (Lipinski definition) is 1. The Labute approximate surface area is 156 Å². The summed E-state index contributed by atoms with van der Waals surface area (Å²) in [4.78, 5) is 9.18. The Bertz CT molecular complexity index is 903. The third kappa shape index (κ3) is 2.79. The normalized spacial score (nSPS) is 23.2. The molecule has 0 amide bonds. The van der Waals surface area contributed by atoms with Crippen LogP contribution in [-0.4, -0.2) is 25.2 Å². The van der Waals surface area contributed by atoms with Gasteiger partial charge in [0, 0.05) is 29.1 Å². The zero-order valence-electron chi connectivity index (χ0n) is 13.9. The van der Waals surface area contributed by atoms with Crippen molar-refractivity contribution in [2.75, 3.05) is 13.7 Å². The molecule has 1 N–H and O–H groups in total. The van der Waals surface area contributed by atoms with Crippen LogP contribution in [0.1, 0.15) is 18.9 Å². The van der Waals surface area contributed by atoms with E-state index in [1.54, 1.807) is 13.1 Å². The minimum Gasteiger partial charge on any atom is -0.493 e. The Kier molecular flexibility index (Phi) is 3.97. The number of amidine groups is 1. The first-order valence-electron chi connectivity index (χ1n) is 8.06. The third-order valence-electron chi connectivity index (χ3n) is 4.59. The predicted octanol–water partition coefficient (Wildman–Crippen LogP) is 4.69. The van der Waals surface area contributed by atoms with Crippen LogP contribution in [0.25, 0.3) is 11.1 Å². The van der Waals surface area contributed by atoms with Crippen molar-refractivity contribution in [1.82, 2.24) is 5.32 Å². The second-order valence-corrected chi connectivity index (χ2v) is 7.10. The van der Waals surface area contributed by atoms with E-state index in [0.717, 1.165) is 40.4 Å². The van der Waals surface area contributed by atoms with Crippen LogP contribution >= 0.6 is 23.2 Å². The van der Waals surface area contributed by atoms with Crippen LogP contribution in [0.15, 0.2) is 46.4 Å². The summed E-state index contributed by atoms with van der Waals surface area (Å²) < 4.78 is 5.85. The number of halogens is 2. The Morgan fingerprint density at radius 1 is 1.12 bits per heavy atom. The van der Waals surface area contributed by atoms with Gasteiger partial charge in [-0.25, -0.2) is 0 Å². The largest absolute Gasteiger partial charge is 0.493 e. The topological polar surface area (TPSA) is 46.0 Å². The van der Waals surface area contributed by atoms with Gasteiger partial charge in [0.1, 0.15) is 11.6 Å². The van der Waals surface area contributed by atoms with Crippen molar-refractivity contribution in [3.63, 3.8) is 0 Å². The van der Waals surface area contributed by atoms with Gasteiger partial charge in [0.25, 0.3) is 0 Å². The molecule has 2 aliphatic rings. The smallest absolute Gasteiger partial charge is 0.164 e. The number of fused-ring (bicyclic) bond motifs is 2. The van der Waals surface area contributed by atoms with Gasteiger partial charge >= 0.3 is 0 Å². The van der Waals surface area contributed by atoms with E-state index < -0.39 is 5.66 Å². The summed E-state index contributed by atoms with van der Waals surface area (Å²) in [5.74, 6) is 1.66. The first-order valence-corrected chi connectivity index (χ1v) is 8.82. The van der Waals surface area contributed by atoms with Crippen molar-refractivity contribution in [2.24, 2.45) is 9.98 Å². The molecule has 6 heteroatoms. The fraction of sp³-hybridized carbons (Fsp3) is 0.263. The minimum absolute atomic E-state index is 0.523. The van der Waals surface area contributed by atoms with E-state index in [4.69, 9.17) is 32.9 Å². The molecule has 2 aromatic rings. The molecule has 0 fully saturated rings. The molecule has 2 heterocycles. The Balaban J connectivity index is 1.85. The van der Waals surface area contributed by atoms with Gasteiger partial charge in [0.2, 0.25) is 0 Å². The molecule has 1 unspecified atom stereocenters. The number of benzene rings is 2. The lowest BCUT2D eigenvalue weighted by Gasteiger charge is -2.34. The van der Waals surface area contributed by atoms with Gasteiger partial charge in [-0.2, -0.15) is 0 Å². The zero-order valence-corrected chi connectivity index (χ0v) is 15.4. The molecule has 2 aliphatic heterocycles. The summed E-state index contributed by atoms with van der Waals surface area (Å²) >= 11 is 12.3. The van der Waals surface area contributed by atoms with E-state index in [2.05, 4.69) is 16.4 Å². The molecular weight excluding hydrogens is 357 g/mol. The van der Waals surface area contributed by atoms with Crippen molar-refractivity contribution in [3.05, 3.63) is 52.0 Å². The van der Waals surface area contributed by atoms with Crippen LogP contribution in [0.3, 0.4) is 0 Å². The SMILES string of the molecule is CN=C1NC2(CCOc3ccc(-c4cc(Cl)cc(Cl)c4)cc32)N=C1C. The Hall–Kier alpha value is -2.04. The molecular formula is C19H17Cl2N3O. The number of hydrogen-bond acceptors (Lipinski definition) is 3. The van der Waals surface area contributed by atoms with Crippen LogP contribution in [0.2, 0.25) is 10.0 Å². The molecule has 0 saturated carbocycles. The average Bonchev–Trinajstić information content (AvgIpc) is 2.90. The van der Waals surface area contributed by atoms with Crippen LogP contribution in [0, 0.1) is 0 Å². The summed E-state index contributed by atoms with van der Waals surface area (Å²) in [5, 5.41) is 4.70. The first kappa shape index (κ1) is 16.4. The summed E-state index contributed by atoms with van der Waals surface area (Å²) in [6.07, 6.45) is 0.746. The minimum atomic E-state index is -0.523. The highest BCUT2D eigenvalue weighted by Gasteiger charge is 2.42. The predicted molar refractivity (Wildman–Crippen MR) is 103 cm³/mol. The number of nitrogens with one attached hydrogen (secondary N) is 1. The highest BCUT2D eigenvalue weighted by atomic mass is 35.5. The van der Waals surface area contributed by atoms with Crippen molar-refractivity contribution < 1.29 is 4.74 Å². The Morgan fingerprint density at radius 2 is 1.88 bits per heavy atom. The molecule has 0 aromatic heterocycles. The van der Waals surface area contributed by atoms with Crippen molar-refractivity contribution >= 4 is 34.7 Å². The van der Waals surface area contributed by atoms with Crippen molar-refractivity contribution in [1.29, 1.82) is 0 Å². The molecule has 0 radical (unpaired) electrons. The molecule has 2 aromatic carbocycles. The monoisotopic (exact) mass is 373 g/mol. The van der Waals surface area contributed by atoms with E-state index in [9.17, 15) is 0 Å². The molecule has 25 heavy (non-hydrogen) atoms. The fourth-order valence-electron chi connectivity index (χ4n) is 3.44. The van der Waals surface area contributed by atoms with Gasteiger partial charge in [-0.1, -0.05) is 29.3 Å². The molecule has 1 spiro atoms. The van der Waals surface area contributed by atoms with Gasteiger partial charge in [-0.3, -0.25) is 9.98 Å². The number of aliphatic imine (C=N–C) groups is 2. The van der Waals surface area contributed by atoms with Gasteiger partial charge in [-0.15, -0.1) is 0 Å². The van der Waals surface area contributed by atoms with Crippen LogP contribution < -0.4 is 10.1 Å². The van der Waals surface area contributed by atoms with Gasteiger partial charge < -0.3 is 10.1 Å². The van der Waals surface area contributed by atoms with Crippen LogP contribution in [0.4, 0.5) is 0 Å². The molecule has 0 aliphatic carbocycles. The van der Waals surface area contributed by atoms with Gasteiger partial charge in [0.15, 0.2) is 5.66 Å². The van der Waals surface area contributed by atoms with Crippen LogP contribution in [0.5, 0.6) is 5.75 Å². The molecule has 128 valence electrons. The van der Waals surface area contributed by atoms with E-state index in [1.807, 2.05) is 31.2 Å². The summed E-state index contributed by atoms with van der Waals surface area (Å²) in [5.41, 5.74) is 3.37. The molecule has 0 saturated heterocycles. The van der Waals surface area contributed by atoms with Crippen molar-refractivity contribution in [3.8, 4) is 16.9 Å². The number of ether oxygens (including phenoxy) is 1. The lowest BCUT2D eigenvalue weighted by Crippen LogP contribution is -2.43. The van der Waals surface area contributed by atoms with Gasteiger partial charge in [-0.05, 0) is 48.4 Å². The van der Waals surface area contributed by atoms with Crippen LogP contribution in [-0.2, 0) is 5.66 Å². The summed E-state index contributed by atoms with van der Waals surface area (Å²) in [6.45, 7) is 2.58. The second kappa shape index (κ2) is 6.04. The standard InChI is InChI=1S/C19H17Cl2N3O/c1-11-18(22-2)24-19(23-11)5-6-25-17-4-3-12(9-16(17)19)13-7-14(20)10-15(21)8-13/h3-4,7-10H,5-6H2,1-2H3,(H,22,24). The van der Waals surface area contributed by atoms with Crippen molar-refractivity contribution in [2.45, 2.75) is 19.0 Å². The third-order valence-corrected chi connectivity index (χ3v) is 5.03. The van der Waals surface area contributed by atoms with E-state index >= 15 is 0 Å². The highest BCUT2D eigenvalue weighted by molar-refractivity contribution is 6.42. The summed E-state index contributed by atoms with van der Waals surface area (Å²) in [7, 11) is 1.77. The quantitative estimate of drug-likeness (QED) is 0.787. The highest BCUT2D eigenvalue weighted by Crippen LogP contribution is 2.42. The average molecular weight is 374 g/mol. The number of nitrogens with zero attached hydrogens (tertiary/aromatic N) is 2. The molecule has 4 nitrogen and oxygen atoms in total. The second-order valence-electron chi connectivity index (χ2n) is 6.22. The van der Waals surface area contributed by atoms with E-state index in [1.165, 1.54) is 0 Å². The molecule has 0 bridgehead atoms. The zero-order chi connectivity index (χ0) is 17.6. The molecule has 1 atom stereocenters. The van der Waals surface area contributed by atoms with Gasteiger partial charge in [0.05, 0.1) is 12.3 Å². The first-order chi connectivity index (χ1) is 12.0.